The molecule has 6 nitrogen and oxygen atoms in total. The molecule has 33 heavy (non-hydrogen) atoms. The third-order valence-corrected chi connectivity index (χ3v) is 6.13. The number of nitrogens with zero attached hydrogens (tertiary/aromatic N) is 4. The molecule has 0 aliphatic heterocycles. The molecular weight excluding hydrogens is 408 g/mol. The number of aromatic nitrogens is 6. The monoisotopic (exact) mass is 426 g/mol. The predicted molar refractivity (Wildman–Crippen MR) is 131 cm³/mol. The number of rotatable bonds is 3. The second-order valence-electron chi connectivity index (χ2n) is 8.08. The quantitative estimate of drug-likeness (QED) is 0.358. The average Bonchev–Trinajstić information content (AvgIpc) is 3.61. The Morgan fingerprint density at radius 1 is 0.758 bits per heavy atom. The summed E-state index contributed by atoms with van der Waals surface area (Å²) >= 11 is 0. The van der Waals surface area contributed by atoms with Gasteiger partial charge in [-0.1, -0.05) is 12.1 Å². The Bertz CT molecular complexity index is 1770. The highest BCUT2D eigenvalue weighted by Crippen LogP contribution is 2.35. The Morgan fingerprint density at radius 2 is 1.67 bits per heavy atom. The zero-order valence-electron chi connectivity index (χ0n) is 17.5. The number of imidazole rings is 1. The smallest absolute Gasteiger partial charge is 0.145 e. The molecule has 2 N–H and O–H groups in total. The molecule has 0 aliphatic carbocycles. The summed E-state index contributed by atoms with van der Waals surface area (Å²) in [6, 6.07) is 27.1. The van der Waals surface area contributed by atoms with Gasteiger partial charge in [-0.25, -0.2) is 4.98 Å². The summed E-state index contributed by atoms with van der Waals surface area (Å²) in [4.78, 5) is 11.7. The highest BCUT2D eigenvalue weighted by molar-refractivity contribution is 5.98. The maximum atomic E-state index is 5.06. The van der Waals surface area contributed by atoms with E-state index in [1.54, 1.807) is 6.20 Å². The number of hydrogen-bond acceptors (Lipinski definition) is 3. The molecule has 0 radical (unpaired) electrons. The van der Waals surface area contributed by atoms with Crippen LogP contribution in [0, 0.1) is 0 Å². The predicted octanol–water partition coefficient (Wildman–Crippen LogP) is 6.11. The first-order valence-electron chi connectivity index (χ1n) is 10.8. The molecule has 0 saturated carbocycles. The maximum absolute atomic E-state index is 5.06. The van der Waals surface area contributed by atoms with Crippen LogP contribution in [0.25, 0.3) is 61.2 Å². The van der Waals surface area contributed by atoms with Gasteiger partial charge in [-0.2, -0.15) is 10.2 Å². The Morgan fingerprint density at radius 3 is 2.61 bits per heavy atom. The molecule has 4 heterocycles. The number of nitrogens with one attached hydrogen (secondary N) is 2. The van der Waals surface area contributed by atoms with Gasteiger partial charge < -0.3 is 9.97 Å². The highest BCUT2D eigenvalue weighted by Gasteiger charge is 2.17. The van der Waals surface area contributed by atoms with Crippen LogP contribution in [0.1, 0.15) is 0 Å². The second kappa shape index (κ2) is 6.90. The van der Waals surface area contributed by atoms with Crippen molar-refractivity contribution in [3.63, 3.8) is 0 Å². The molecule has 0 aliphatic rings. The van der Waals surface area contributed by atoms with Crippen molar-refractivity contribution >= 4 is 32.8 Å². The Kier molecular flexibility index (Phi) is 3.75. The molecule has 0 bridgehead atoms. The van der Waals surface area contributed by atoms with Gasteiger partial charge in [-0.15, -0.1) is 0 Å². The fourth-order valence-corrected chi connectivity index (χ4v) is 4.61. The van der Waals surface area contributed by atoms with Crippen LogP contribution in [0.5, 0.6) is 0 Å². The van der Waals surface area contributed by atoms with Gasteiger partial charge in [-0.3, -0.25) is 4.57 Å². The summed E-state index contributed by atoms with van der Waals surface area (Å²) in [5.74, 6) is 0.882. The van der Waals surface area contributed by atoms with E-state index in [0.717, 1.165) is 61.2 Å². The van der Waals surface area contributed by atoms with Gasteiger partial charge in [0.25, 0.3) is 0 Å². The second-order valence-corrected chi connectivity index (χ2v) is 8.08. The van der Waals surface area contributed by atoms with Crippen LogP contribution in [-0.2, 0) is 0 Å². The third kappa shape index (κ3) is 2.78. The Balaban J connectivity index is 1.54. The number of benzene rings is 3. The summed E-state index contributed by atoms with van der Waals surface area (Å²) < 4.78 is 2.23. The molecule has 0 spiro atoms. The summed E-state index contributed by atoms with van der Waals surface area (Å²) in [6.07, 6.45) is 5.61. The minimum Gasteiger partial charge on any atom is -0.361 e. The first-order valence-corrected chi connectivity index (χ1v) is 10.8. The fourth-order valence-electron chi connectivity index (χ4n) is 4.61. The van der Waals surface area contributed by atoms with Crippen LogP contribution >= 0.6 is 0 Å². The highest BCUT2D eigenvalue weighted by atomic mass is 15.1. The molecule has 7 rings (SSSR count). The summed E-state index contributed by atoms with van der Waals surface area (Å²) in [7, 11) is 0. The average molecular weight is 426 g/mol. The summed E-state index contributed by atoms with van der Waals surface area (Å²) in [6.45, 7) is 0. The lowest BCUT2D eigenvalue weighted by molar-refractivity contribution is 1.04. The van der Waals surface area contributed by atoms with Crippen molar-refractivity contribution in [1.82, 2.24) is 29.7 Å². The Labute approximate surface area is 188 Å². The van der Waals surface area contributed by atoms with Crippen molar-refractivity contribution in [2.24, 2.45) is 0 Å². The van der Waals surface area contributed by atoms with Gasteiger partial charge in [0.2, 0.25) is 0 Å². The third-order valence-electron chi connectivity index (χ3n) is 6.13. The van der Waals surface area contributed by atoms with E-state index >= 15 is 0 Å². The van der Waals surface area contributed by atoms with E-state index in [1.165, 1.54) is 0 Å². The minimum absolute atomic E-state index is 0.834. The van der Waals surface area contributed by atoms with Gasteiger partial charge in [0.15, 0.2) is 0 Å². The first kappa shape index (κ1) is 17.9. The molecule has 0 atom stereocenters. The lowest BCUT2D eigenvalue weighted by Crippen LogP contribution is -1.98. The van der Waals surface area contributed by atoms with Crippen LogP contribution in [-0.4, -0.2) is 29.7 Å². The van der Waals surface area contributed by atoms with Crippen LogP contribution in [0.15, 0.2) is 97.5 Å². The summed E-state index contributed by atoms with van der Waals surface area (Å²) in [5.41, 5.74) is 8.10. The Hall–Kier alpha value is -4.71. The van der Waals surface area contributed by atoms with E-state index in [4.69, 9.17) is 4.98 Å². The molecule has 7 aromatic rings. The van der Waals surface area contributed by atoms with Gasteiger partial charge in [0.05, 0.1) is 16.7 Å². The molecule has 4 aromatic heterocycles. The van der Waals surface area contributed by atoms with Crippen molar-refractivity contribution < 1.29 is 0 Å². The van der Waals surface area contributed by atoms with E-state index in [-0.39, 0.29) is 0 Å². The van der Waals surface area contributed by atoms with Gasteiger partial charge in [-0.05, 0) is 66.7 Å². The van der Waals surface area contributed by atoms with Crippen molar-refractivity contribution in [1.29, 1.82) is 0 Å². The zero-order valence-corrected chi connectivity index (χ0v) is 17.5. The van der Waals surface area contributed by atoms with Gasteiger partial charge >= 0.3 is 0 Å². The molecule has 0 amide bonds. The van der Waals surface area contributed by atoms with E-state index < -0.39 is 0 Å². The van der Waals surface area contributed by atoms with E-state index in [0.29, 0.717) is 0 Å². The van der Waals surface area contributed by atoms with Gasteiger partial charge in [0.1, 0.15) is 5.82 Å². The number of aromatic amines is 2. The van der Waals surface area contributed by atoms with Crippen molar-refractivity contribution in [3.8, 4) is 28.3 Å². The number of hydrogen-bond donors (Lipinski definition) is 2. The number of fused-ring (bicyclic) bond motifs is 3. The van der Waals surface area contributed by atoms with Crippen LogP contribution in [0.4, 0.5) is 0 Å². The topological polar surface area (TPSA) is 75.2 Å². The lowest BCUT2D eigenvalue weighted by atomic mass is 10.0. The minimum atomic E-state index is 0.834. The zero-order chi connectivity index (χ0) is 21.8. The summed E-state index contributed by atoms with van der Waals surface area (Å²) in [5, 5.41) is 10.7. The molecule has 0 unspecified atom stereocenters. The van der Waals surface area contributed by atoms with E-state index in [1.807, 2.05) is 30.6 Å². The lowest BCUT2D eigenvalue weighted by Gasteiger charge is -2.12. The van der Waals surface area contributed by atoms with Crippen LogP contribution in [0.2, 0.25) is 0 Å². The molecule has 0 fully saturated rings. The standard InChI is InChI=1S/C27H18N6/c1-2-6-26-24(4-1)31-27(33(26)19-7-8-22-17(14-19)9-12-28-22)18-15-21(23-5-3-11-30-32-23)20-10-13-29-25(20)16-18/h1-16,28-29H. The van der Waals surface area contributed by atoms with E-state index in [9.17, 15) is 0 Å². The maximum Gasteiger partial charge on any atom is 0.145 e. The van der Waals surface area contributed by atoms with E-state index in [2.05, 4.69) is 85.4 Å². The van der Waals surface area contributed by atoms with Crippen molar-refractivity contribution in [2.75, 3.05) is 0 Å². The molecule has 0 saturated heterocycles. The first-order chi connectivity index (χ1) is 16.3. The molecule has 3 aromatic carbocycles. The molecular formula is C27H18N6. The van der Waals surface area contributed by atoms with Crippen molar-refractivity contribution in [2.45, 2.75) is 0 Å². The SMILES string of the molecule is c1cnnc(-c2cc(-c3nc4ccccc4n3-c3ccc4[nH]ccc4c3)cc3[nH]ccc23)c1. The number of H-pyrrole nitrogens is 2. The number of para-hydroxylation sites is 2. The normalized spacial score (nSPS) is 11.6. The largest absolute Gasteiger partial charge is 0.361 e. The van der Waals surface area contributed by atoms with Crippen LogP contribution in [0.3, 0.4) is 0 Å². The fraction of sp³-hybridized carbons (Fsp3) is 0. The molecule has 6 heteroatoms. The van der Waals surface area contributed by atoms with Gasteiger partial charge in [0, 0.05) is 57.2 Å². The van der Waals surface area contributed by atoms with Crippen LogP contribution < -0.4 is 0 Å². The molecule has 156 valence electrons. The van der Waals surface area contributed by atoms with Crippen molar-refractivity contribution in [3.05, 3.63) is 97.5 Å².